The van der Waals surface area contributed by atoms with E-state index in [1.807, 2.05) is 0 Å². The van der Waals surface area contributed by atoms with Gasteiger partial charge < -0.3 is 15.4 Å². The van der Waals surface area contributed by atoms with E-state index in [2.05, 4.69) is 15.4 Å². The summed E-state index contributed by atoms with van der Waals surface area (Å²) in [6.07, 6.45) is 1.82. The molecular formula is C15H20F2N2O2. The molecule has 1 amide bonds. The molecule has 2 N–H and O–H groups in total. The normalized spacial score (nSPS) is 20.1. The van der Waals surface area contributed by atoms with E-state index in [1.165, 1.54) is 6.07 Å². The quantitative estimate of drug-likeness (QED) is 0.878. The number of para-hydroxylation sites is 1. The number of benzene rings is 1. The lowest BCUT2D eigenvalue weighted by Crippen LogP contribution is -2.41. The topological polar surface area (TPSA) is 50.4 Å². The number of ether oxygens (including phenoxy) is 1. The van der Waals surface area contributed by atoms with Gasteiger partial charge in [0.05, 0.1) is 12.0 Å². The van der Waals surface area contributed by atoms with Gasteiger partial charge >= 0.3 is 6.61 Å². The highest BCUT2D eigenvalue weighted by Crippen LogP contribution is 2.26. The highest BCUT2D eigenvalue weighted by atomic mass is 19.3. The number of hydrogen-bond acceptors (Lipinski definition) is 3. The van der Waals surface area contributed by atoms with Crippen LogP contribution in [0.2, 0.25) is 0 Å². The minimum atomic E-state index is -2.88. The maximum atomic E-state index is 12.4. The molecule has 116 valence electrons. The van der Waals surface area contributed by atoms with Gasteiger partial charge in [0.2, 0.25) is 5.91 Å². The first-order valence-corrected chi connectivity index (χ1v) is 7.12. The second-order valence-electron chi connectivity index (χ2n) is 5.19. The Bertz CT molecular complexity index is 476. The molecule has 1 fully saturated rings. The summed E-state index contributed by atoms with van der Waals surface area (Å²) >= 11 is 0. The van der Waals surface area contributed by atoms with Gasteiger partial charge in [-0.25, -0.2) is 0 Å². The lowest BCUT2D eigenvalue weighted by molar-refractivity contribution is -0.126. The summed E-state index contributed by atoms with van der Waals surface area (Å²) in [5.41, 5.74) is 0.551. The van der Waals surface area contributed by atoms with Crippen molar-refractivity contribution < 1.29 is 18.3 Å². The molecule has 6 heteroatoms. The van der Waals surface area contributed by atoms with E-state index in [-0.39, 0.29) is 23.6 Å². The molecule has 4 nitrogen and oxygen atoms in total. The van der Waals surface area contributed by atoms with Crippen molar-refractivity contribution in [2.75, 3.05) is 13.1 Å². The number of amides is 1. The number of carbonyl (C=O) groups excluding carboxylic acids is 1. The molecule has 0 saturated carbocycles. The standard InChI is InChI=1S/C15H20F2N2O2/c1-10(19-14(20)11-5-4-8-18-9-11)12-6-2-3-7-13(12)21-15(16)17/h2-3,6-7,10-11,15,18H,4-5,8-9H2,1H3,(H,19,20)/t10?,11-/m1/s1. The number of rotatable bonds is 5. The molecule has 1 aromatic carbocycles. The van der Waals surface area contributed by atoms with Gasteiger partial charge in [-0.3, -0.25) is 4.79 Å². The maximum Gasteiger partial charge on any atom is 0.387 e. The van der Waals surface area contributed by atoms with Crippen molar-refractivity contribution in [1.29, 1.82) is 0 Å². The zero-order chi connectivity index (χ0) is 15.2. The first kappa shape index (κ1) is 15.7. The average molecular weight is 298 g/mol. The van der Waals surface area contributed by atoms with Crippen molar-refractivity contribution >= 4 is 5.91 Å². The Hall–Kier alpha value is -1.69. The van der Waals surface area contributed by atoms with Gasteiger partial charge in [0.1, 0.15) is 5.75 Å². The van der Waals surface area contributed by atoms with Crippen molar-refractivity contribution in [2.24, 2.45) is 5.92 Å². The van der Waals surface area contributed by atoms with E-state index in [0.29, 0.717) is 12.1 Å². The molecule has 1 aliphatic rings. The zero-order valence-electron chi connectivity index (χ0n) is 11.9. The van der Waals surface area contributed by atoms with Gasteiger partial charge in [0.15, 0.2) is 0 Å². The van der Waals surface area contributed by atoms with Crippen molar-refractivity contribution in [2.45, 2.75) is 32.4 Å². The third kappa shape index (κ3) is 4.39. The van der Waals surface area contributed by atoms with Crippen LogP contribution in [0.1, 0.15) is 31.4 Å². The minimum Gasteiger partial charge on any atom is -0.434 e. The van der Waals surface area contributed by atoms with Crippen molar-refractivity contribution in [1.82, 2.24) is 10.6 Å². The Labute approximate surface area is 122 Å². The summed E-state index contributed by atoms with van der Waals surface area (Å²) in [4.78, 5) is 12.2. The zero-order valence-corrected chi connectivity index (χ0v) is 11.9. The minimum absolute atomic E-state index is 0.0541. The molecule has 1 aromatic rings. The van der Waals surface area contributed by atoms with Crippen LogP contribution in [0, 0.1) is 5.92 Å². The van der Waals surface area contributed by atoms with E-state index in [0.717, 1.165) is 19.4 Å². The molecule has 2 rings (SSSR count). The number of nitrogens with one attached hydrogen (secondary N) is 2. The summed E-state index contributed by atoms with van der Waals surface area (Å²) in [7, 11) is 0. The van der Waals surface area contributed by atoms with Crippen LogP contribution in [0.5, 0.6) is 5.75 Å². The molecule has 0 radical (unpaired) electrons. The Balaban J connectivity index is 2.02. The Kier molecular flexibility index (Phi) is 5.50. The lowest BCUT2D eigenvalue weighted by Gasteiger charge is -2.25. The SMILES string of the molecule is CC(NC(=O)[C@@H]1CCCNC1)c1ccccc1OC(F)F. The summed E-state index contributed by atoms with van der Waals surface area (Å²) in [6.45, 7) is 0.483. The molecular weight excluding hydrogens is 278 g/mol. The second kappa shape index (κ2) is 7.36. The van der Waals surface area contributed by atoms with E-state index in [4.69, 9.17) is 0 Å². The fourth-order valence-electron chi connectivity index (χ4n) is 2.53. The number of piperidine rings is 1. The fourth-order valence-corrected chi connectivity index (χ4v) is 2.53. The van der Waals surface area contributed by atoms with Crippen LogP contribution in [-0.2, 0) is 4.79 Å². The van der Waals surface area contributed by atoms with Crippen LogP contribution in [0.25, 0.3) is 0 Å². The number of alkyl halides is 2. The largest absolute Gasteiger partial charge is 0.434 e. The van der Waals surface area contributed by atoms with Gasteiger partial charge in [0, 0.05) is 12.1 Å². The predicted molar refractivity (Wildman–Crippen MR) is 75.2 cm³/mol. The Morgan fingerprint density at radius 3 is 2.86 bits per heavy atom. The van der Waals surface area contributed by atoms with Crippen LogP contribution in [-0.4, -0.2) is 25.6 Å². The smallest absolute Gasteiger partial charge is 0.387 e. The van der Waals surface area contributed by atoms with E-state index < -0.39 is 6.61 Å². The second-order valence-corrected chi connectivity index (χ2v) is 5.19. The molecule has 1 aliphatic heterocycles. The van der Waals surface area contributed by atoms with Gasteiger partial charge in [-0.1, -0.05) is 18.2 Å². The third-order valence-electron chi connectivity index (χ3n) is 3.63. The molecule has 2 atom stereocenters. The van der Waals surface area contributed by atoms with Crippen molar-refractivity contribution in [3.8, 4) is 5.75 Å². The monoisotopic (exact) mass is 298 g/mol. The van der Waals surface area contributed by atoms with Crippen LogP contribution in [0.15, 0.2) is 24.3 Å². The van der Waals surface area contributed by atoms with Crippen molar-refractivity contribution in [3.05, 3.63) is 29.8 Å². The van der Waals surface area contributed by atoms with Crippen LogP contribution in [0.4, 0.5) is 8.78 Å². The average Bonchev–Trinajstić information content (AvgIpc) is 2.48. The molecule has 0 aliphatic carbocycles. The van der Waals surface area contributed by atoms with Crippen LogP contribution >= 0.6 is 0 Å². The highest BCUT2D eigenvalue weighted by molar-refractivity contribution is 5.79. The molecule has 0 bridgehead atoms. The summed E-state index contributed by atoms with van der Waals surface area (Å²) < 4.78 is 29.3. The summed E-state index contributed by atoms with van der Waals surface area (Å²) in [5.74, 6) is -0.0204. The predicted octanol–water partition coefficient (Wildman–Crippen LogP) is 2.46. The first-order valence-electron chi connectivity index (χ1n) is 7.12. The van der Waals surface area contributed by atoms with Crippen molar-refractivity contribution in [3.63, 3.8) is 0 Å². The fraction of sp³-hybridized carbons (Fsp3) is 0.533. The molecule has 0 aromatic heterocycles. The Morgan fingerprint density at radius 2 is 2.19 bits per heavy atom. The van der Waals surface area contributed by atoms with Gasteiger partial charge in [-0.15, -0.1) is 0 Å². The summed E-state index contributed by atoms with van der Waals surface area (Å²) in [6, 6.07) is 6.14. The molecule has 1 saturated heterocycles. The van der Waals surface area contributed by atoms with Gasteiger partial charge in [0.25, 0.3) is 0 Å². The molecule has 1 unspecified atom stereocenters. The lowest BCUT2D eigenvalue weighted by atomic mass is 9.98. The van der Waals surface area contributed by atoms with Gasteiger partial charge in [-0.05, 0) is 32.4 Å². The van der Waals surface area contributed by atoms with E-state index in [1.54, 1.807) is 25.1 Å². The Morgan fingerprint density at radius 1 is 1.43 bits per heavy atom. The number of carbonyl (C=O) groups is 1. The third-order valence-corrected chi connectivity index (χ3v) is 3.63. The number of hydrogen-bond donors (Lipinski definition) is 2. The molecule has 21 heavy (non-hydrogen) atoms. The van der Waals surface area contributed by atoms with E-state index in [9.17, 15) is 13.6 Å². The summed E-state index contributed by atoms with van der Waals surface area (Å²) in [5, 5.41) is 6.06. The van der Waals surface area contributed by atoms with Gasteiger partial charge in [-0.2, -0.15) is 8.78 Å². The number of halogens is 2. The highest BCUT2D eigenvalue weighted by Gasteiger charge is 2.23. The van der Waals surface area contributed by atoms with Crippen LogP contribution in [0.3, 0.4) is 0 Å². The van der Waals surface area contributed by atoms with E-state index >= 15 is 0 Å². The molecule has 0 spiro atoms. The first-order chi connectivity index (χ1) is 10.1. The maximum absolute atomic E-state index is 12.4. The van der Waals surface area contributed by atoms with Crippen LogP contribution < -0.4 is 15.4 Å². The molecule has 1 heterocycles.